The second-order valence-electron chi connectivity index (χ2n) is 4.20. The van der Waals surface area contributed by atoms with E-state index in [1.165, 1.54) is 0 Å². The van der Waals surface area contributed by atoms with Gasteiger partial charge in [-0.25, -0.2) is 0 Å². The number of hydrogen-bond donors (Lipinski definition) is 2. The van der Waals surface area contributed by atoms with Gasteiger partial charge in [0, 0.05) is 6.61 Å². The molecule has 3 heteroatoms. The Morgan fingerprint density at radius 3 is 2.67 bits per heavy atom. The molecule has 0 amide bonds. The molecule has 2 unspecified atom stereocenters. The predicted octanol–water partition coefficient (Wildman–Crippen LogP) is 2.26. The van der Waals surface area contributed by atoms with Gasteiger partial charge in [-0.2, -0.15) is 0 Å². The van der Waals surface area contributed by atoms with Crippen LogP contribution in [0.3, 0.4) is 0 Å². The molecule has 0 fully saturated rings. The fourth-order valence-corrected chi connectivity index (χ4v) is 1.49. The highest BCUT2D eigenvalue weighted by Crippen LogP contribution is 2.15. The van der Waals surface area contributed by atoms with E-state index in [1.807, 2.05) is 19.1 Å². The first-order valence-corrected chi connectivity index (χ1v) is 5.54. The molecule has 0 aliphatic carbocycles. The third-order valence-corrected chi connectivity index (χ3v) is 2.58. The summed E-state index contributed by atoms with van der Waals surface area (Å²) in [5.74, 6) is 2.42. The molecule has 0 bridgehead atoms. The summed E-state index contributed by atoms with van der Waals surface area (Å²) < 4.78 is 5.53. The molecule has 2 N–H and O–H groups in total. The SMILES string of the molecule is Cc1ccc(C(C)NCC(C)CCO)o1. The molecule has 2 atom stereocenters. The van der Waals surface area contributed by atoms with Crippen molar-refractivity contribution in [1.29, 1.82) is 0 Å². The summed E-state index contributed by atoms with van der Waals surface area (Å²) >= 11 is 0. The van der Waals surface area contributed by atoms with Gasteiger partial charge in [0.2, 0.25) is 0 Å². The lowest BCUT2D eigenvalue weighted by molar-refractivity contribution is 0.257. The van der Waals surface area contributed by atoms with Crippen LogP contribution in [0.5, 0.6) is 0 Å². The summed E-state index contributed by atoms with van der Waals surface area (Å²) in [6.45, 7) is 7.33. The van der Waals surface area contributed by atoms with Crippen molar-refractivity contribution in [3.05, 3.63) is 23.7 Å². The molecule has 0 radical (unpaired) electrons. The standard InChI is InChI=1S/C12H21NO2/c1-9(6-7-14)8-13-11(3)12-5-4-10(2)15-12/h4-5,9,11,13-14H,6-8H2,1-3H3. The van der Waals surface area contributed by atoms with Crippen LogP contribution in [-0.2, 0) is 0 Å². The average Bonchev–Trinajstić information content (AvgIpc) is 2.62. The van der Waals surface area contributed by atoms with Crippen molar-refractivity contribution >= 4 is 0 Å². The first kappa shape index (κ1) is 12.3. The van der Waals surface area contributed by atoms with Gasteiger partial charge >= 0.3 is 0 Å². The molecule has 0 aromatic carbocycles. The van der Waals surface area contributed by atoms with Gasteiger partial charge in [0.25, 0.3) is 0 Å². The predicted molar refractivity (Wildman–Crippen MR) is 60.7 cm³/mol. The summed E-state index contributed by atoms with van der Waals surface area (Å²) in [4.78, 5) is 0. The fourth-order valence-electron chi connectivity index (χ4n) is 1.49. The van der Waals surface area contributed by atoms with Crippen molar-refractivity contribution < 1.29 is 9.52 Å². The maximum atomic E-state index is 8.78. The highest BCUT2D eigenvalue weighted by molar-refractivity contribution is 5.08. The van der Waals surface area contributed by atoms with E-state index in [0.717, 1.165) is 24.5 Å². The highest BCUT2D eigenvalue weighted by atomic mass is 16.3. The zero-order valence-corrected chi connectivity index (χ0v) is 9.79. The van der Waals surface area contributed by atoms with Crippen LogP contribution < -0.4 is 5.32 Å². The number of nitrogens with one attached hydrogen (secondary N) is 1. The van der Waals surface area contributed by atoms with Crippen LogP contribution >= 0.6 is 0 Å². The first-order chi connectivity index (χ1) is 7.13. The lowest BCUT2D eigenvalue weighted by Crippen LogP contribution is -2.24. The average molecular weight is 211 g/mol. The van der Waals surface area contributed by atoms with Crippen molar-refractivity contribution in [2.45, 2.75) is 33.2 Å². The van der Waals surface area contributed by atoms with E-state index in [1.54, 1.807) is 0 Å². The molecule has 0 aliphatic rings. The van der Waals surface area contributed by atoms with Gasteiger partial charge < -0.3 is 14.8 Å². The van der Waals surface area contributed by atoms with Gasteiger partial charge in [-0.15, -0.1) is 0 Å². The van der Waals surface area contributed by atoms with Gasteiger partial charge in [-0.3, -0.25) is 0 Å². The number of rotatable bonds is 6. The van der Waals surface area contributed by atoms with Gasteiger partial charge in [-0.05, 0) is 44.9 Å². The molecular weight excluding hydrogens is 190 g/mol. The Hall–Kier alpha value is -0.800. The number of hydrogen-bond acceptors (Lipinski definition) is 3. The monoisotopic (exact) mass is 211 g/mol. The smallest absolute Gasteiger partial charge is 0.120 e. The molecule has 0 aliphatic heterocycles. The van der Waals surface area contributed by atoms with Crippen LogP contribution in [0.4, 0.5) is 0 Å². The highest BCUT2D eigenvalue weighted by Gasteiger charge is 2.10. The lowest BCUT2D eigenvalue weighted by atomic mass is 10.1. The quantitative estimate of drug-likeness (QED) is 0.758. The summed E-state index contributed by atoms with van der Waals surface area (Å²) in [5, 5.41) is 12.2. The van der Waals surface area contributed by atoms with Gasteiger partial charge in [0.15, 0.2) is 0 Å². The summed E-state index contributed by atoms with van der Waals surface area (Å²) in [7, 11) is 0. The minimum Gasteiger partial charge on any atom is -0.465 e. The molecule has 0 saturated carbocycles. The zero-order chi connectivity index (χ0) is 11.3. The third kappa shape index (κ3) is 4.06. The van der Waals surface area contributed by atoms with Crippen LogP contribution in [0.15, 0.2) is 16.5 Å². The van der Waals surface area contributed by atoms with Crippen LogP contribution in [0.2, 0.25) is 0 Å². The topological polar surface area (TPSA) is 45.4 Å². The van der Waals surface area contributed by atoms with Crippen molar-refractivity contribution in [2.24, 2.45) is 5.92 Å². The molecule has 1 aromatic heterocycles. The molecule has 1 rings (SSSR count). The molecule has 0 saturated heterocycles. The lowest BCUT2D eigenvalue weighted by Gasteiger charge is -2.15. The van der Waals surface area contributed by atoms with E-state index in [0.29, 0.717) is 5.92 Å². The maximum Gasteiger partial charge on any atom is 0.120 e. The number of aliphatic hydroxyl groups is 1. The van der Waals surface area contributed by atoms with E-state index in [4.69, 9.17) is 9.52 Å². The van der Waals surface area contributed by atoms with E-state index in [-0.39, 0.29) is 12.6 Å². The molecular formula is C12H21NO2. The van der Waals surface area contributed by atoms with Crippen LogP contribution in [0, 0.1) is 12.8 Å². The molecule has 15 heavy (non-hydrogen) atoms. The molecule has 1 aromatic rings. The van der Waals surface area contributed by atoms with Crippen LogP contribution in [0.25, 0.3) is 0 Å². The summed E-state index contributed by atoms with van der Waals surface area (Å²) in [6, 6.07) is 4.22. The Balaban J connectivity index is 2.33. The molecule has 86 valence electrons. The fraction of sp³-hybridized carbons (Fsp3) is 0.667. The van der Waals surface area contributed by atoms with Gasteiger partial charge in [0.05, 0.1) is 6.04 Å². The minimum absolute atomic E-state index is 0.236. The summed E-state index contributed by atoms with van der Waals surface area (Å²) in [5.41, 5.74) is 0. The van der Waals surface area contributed by atoms with Crippen molar-refractivity contribution in [1.82, 2.24) is 5.32 Å². The molecule has 0 spiro atoms. The van der Waals surface area contributed by atoms with E-state index < -0.39 is 0 Å². The Kier molecular flexibility index (Phi) is 4.85. The van der Waals surface area contributed by atoms with Crippen LogP contribution in [-0.4, -0.2) is 18.3 Å². The second-order valence-corrected chi connectivity index (χ2v) is 4.20. The van der Waals surface area contributed by atoms with Gasteiger partial charge in [0.1, 0.15) is 11.5 Å². The maximum absolute atomic E-state index is 8.78. The van der Waals surface area contributed by atoms with E-state index >= 15 is 0 Å². The van der Waals surface area contributed by atoms with E-state index in [2.05, 4.69) is 19.2 Å². The van der Waals surface area contributed by atoms with E-state index in [9.17, 15) is 0 Å². The Morgan fingerprint density at radius 1 is 1.40 bits per heavy atom. The number of aryl methyl sites for hydroxylation is 1. The summed E-state index contributed by atoms with van der Waals surface area (Å²) in [6.07, 6.45) is 0.844. The second kappa shape index (κ2) is 5.93. The van der Waals surface area contributed by atoms with Crippen LogP contribution in [0.1, 0.15) is 37.8 Å². The van der Waals surface area contributed by atoms with Crippen molar-refractivity contribution in [2.75, 3.05) is 13.2 Å². The normalized spacial score (nSPS) is 15.2. The zero-order valence-electron chi connectivity index (χ0n) is 9.79. The Morgan fingerprint density at radius 2 is 2.13 bits per heavy atom. The van der Waals surface area contributed by atoms with Crippen molar-refractivity contribution in [3.8, 4) is 0 Å². The largest absolute Gasteiger partial charge is 0.465 e. The van der Waals surface area contributed by atoms with Gasteiger partial charge in [-0.1, -0.05) is 6.92 Å². The Labute approximate surface area is 91.5 Å². The molecule has 3 nitrogen and oxygen atoms in total. The number of furan rings is 1. The third-order valence-electron chi connectivity index (χ3n) is 2.58. The minimum atomic E-state index is 0.236. The Bertz CT molecular complexity index is 283. The molecule has 1 heterocycles. The number of aliphatic hydroxyl groups excluding tert-OH is 1. The van der Waals surface area contributed by atoms with Crippen molar-refractivity contribution in [3.63, 3.8) is 0 Å². The first-order valence-electron chi connectivity index (χ1n) is 5.54.